The van der Waals surface area contributed by atoms with E-state index >= 15 is 0 Å². The Morgan fingerprint density at radius 1 is 0.642 bits per heavy atom. The Kier molecular flexibility index (Phi) is 6.58. The minimum Gasteiger partial charge on any atom is -0.311 e. The number of nitrogens with zero attached hydrogens (tertiary/aromatic N) is 2. The fraction of sp³-hybridized carbons (Fsp3) is 0.347. The molecule has 0 radical (unpaired) electrons. The van der Waals surface area contributed by atoms with Gasteiger partial charge in [-0.2, -0.15) is 0 Å². The summed E-state index contributed by atoms with van der Waals surface area (Å²) in [7, 11) is 0. The molecule has 0 amide bonds. The van der Waals surface area contributed by atoms with Crippen molar-refractivity contribution in [3.8, 4) is 0 Å². The van der Waals surface area contributed by atoms with Crippen LogP contribution >= 0.6 is 11.3 Å². The average molecular weight is 711 g/mol. The highest BCUT2D eigenvalue weighted by molar-refractivity contribution is 7.33. The van der Waals surface area contributed by atoms with Gasteiger partial charge in [-0.1, -0.05) is 117 Å². The van der Waals surface area contributed by atoms with Crippen LogP contribution in [0.15, 0.2) is 84.9 Å². The molecule has 0 N–H and O–H groups in total. The third kappa shape index (κ3) is 4.39. The first-order valence-electron chi connectivity index (χ1n) is 19.7. The monoisotopic (exact) mass is 710 g/mol. The quantitative estimate of drug-likeness (QED) is 0.157. The van der Waals surface area contributed by atoms with Gasteiger partial charge in [0.2, 0.25) is 0 Å². The number of thiophene rings is 1. The third-order valence-electron chi connectivity index (χ3n) is 13.4. The molecule has 0 spiro atoms. The number of benzene rings is 5. The molecule has 10 rings (SSSR count). The van der Waals surface area contributed by atoms with Gasteiger partial charge in [0.25, 0.3) is 6.71 Å². The molecule has 0 unspecified atom stereocenters. The van der Waals surface area contributed by atoms with E-state index in [1.54, 1.807) is 5.56 Å². The van der Waals surface area contributed by atoms with Crippen molar-refractivity contribution >= 4 is 78.0 Å². The molecule has 53 heavy (non-hydrogen) atoms. The average Bonchev–Trinajstić information content (AvgIpc) is 3.48. The van der Waals surface area contributed by atoms with Crippen molar-refractivity contribution in [1.29, 1.82) is 0 Å². The molecule has 2 nitrogen and oxygen atoms in total. The summed E-state index contributed by atoms with van der Waals surface area (Å²) in [6, 6.07) is 33.8. The molecule has 4 heteroatoms. The number of hydrogen-bond donors (Lipinski definition) is 0. The lowest BCUT2D eigenvalue weighted by atomic mass is 9.35. The van der Waals surface area contributed by atoms with E-state index < -0.39 is 0 Å². The van der Waals surface area contributed by atoms with Gasteiger partial charge in [0.05, 0.1) is 11.4 Å². The lowest BCUT2D eigenvalue weighted by Crippen LogP contribution is -2.62. The zero-order chi connectivity index (χ0) is 37.1. The van der Waals surface area contributed by atoms with Crippen LogP contribution in [-0.4, -0.2) is 6.71 Å². The van der Waals surface area contributed by atoms with Crippen LogP contribution in [0.1, 0.15) is 114 Å². The smallest absolute Gasteiger partial charge is 0.264 e. The fourth-order valence-corrected chi connectivity index (χ4v) is 11.7. The number of rotatable bonds is 1. The second-order valence-corrected chi connectivity index (χ2v) is 20.6. The molecular formula is C49H51BN2S. The molecular weight excluding hydrogens is 659 g/mol. The van der Waals surface area contributed by atoms with E-state index in [1.165, 1.54) is 99.7 Å². The highest BCUT2D eigenvalue weighted by Crippen LogP contribution is 2.61. The van der Waals surface area contributed by atoms with Gasteiger partial charge in [0.15, 0.2) is 0 Å². The van der Waals surface area contributed by atoms with Crippen LogP contribution in [0.2, 0.25) is 0 Å². The van der Waals surface area contributed by atoms with Gasteiger partial charge in [0.1, 0.15) is 0 Å². The second-order valence-electron chi connectivity index (χ2n) is 19.5. The summed E-state index contributed by atoms with van der Waals surface area (Å²) in [5.41, 5.74) is 21.2. The summed E-state index contributed by atoms with van der Waals surface area (Å²) in [6.07, 6.45) is 2.33. The number of anilines is 6. The van der Waals surface area contributed by atoms with E-state index in [2.05, 4.69) is 171 Å². The number of fused-ring (bicyclic) bond motifs is 9. The molecule has 6 aromatic rings. The molecule has 4 aliphatic rings. The van der Waals surface area contributed by atoms with E-state index in [0.29, 0.717) is 0 Å². The Morgan fingerprint density at radius 2 is 1.28 bits per heavy atom. The maximum absolute atomic E-state index is 2.72. The van der Waals surface area contributed by atoms with Crippen LogP contribution in [0, 0.1) is 13.8 Å². The Bertz CT molecular complexity index is 2580. The maximum Gasteiger partial charge on any atom is 0.264 e. The minimum atomic E-state index is -0.0664. The van der Waals surface area contributed by atoms with Gasteiger partial charge in [-0.25, -0.2) is 0 Å². The van der Waals surface area contributed by atoms with Crippen LogP contribution in [0.4, 0.5) is 34.1 Å². The van der Waals surface area contributed by atoms with Gasteiger partial charge in [-0.15, -0.1) is 11.3 Å². The molecule has 1 aliphatic carbocycles. The summed E-state index contributed by atoms with van der Waals surface area (Å²) >= 11 is 2.00. The maximum atomic E-state index is 2.72. The van der Waals surface area contributed by atoms with Crippen molar-refractivity contribution in [3.63, 3.8) is 0 Å². The van der Waals surface area contributed by atoms with E-state index in [-0.39, 0.29) is 28.4 Å². The van der Waals surface area contributed by atoms with Gasteiger partial charge in [0, 0.05) is 43.0 Å². The SMILES string of the molecule is Cc1cc2c3c(c1)N(c1ccc(C(C)(C)C)cc1C)c1c(sc4ccccc14)B3c1ccc3c4c1N2c1ccc(C(C)(C)C)cc1[C@]4(C)CCC3(C)C. The Balaban J connectivity index is 1.34. The summed E-state index contributed by atoms with van der Waals surface area (Å²) < 4.78 is 2.82. The molecule has 0 saturated heterocycles. The highest BCUT2D eigenvalue weighted by Gasteiger charge is 2.53. The zero-order valence-corrected chi connectivity index (χ0v) is 34.2. The molecule has 0 saturated carbocycles. The van der Waals surface area contributed by atoms with Gasteiger partial charge < -0.3 is 9.80 Å². The molecule has 266 valence electrons. The number of aryl methyl sites for hydroxylation is 2. The van der Waals surface area contributed by atoms with Crippen LogP contribution in [-0.2, 0) is 21.7 Å². The zero-order valence-electron chi connectivity index (χ0n) is 33.4. The van der Waals surface area contributed by atoms with Crippen molar-refractivity contribution in [3.05, 3.63) is 124 Å². The first-order valence-corrected chi connectivity index (χ1v) is 20.5. The predicted molar refractivity (Wildman–Crippen MR) is 231 cm³/mol. The molecule has 3 aliphatic heterocycles. The van der Waals surface area contributed by atoms with Crippen LogP contribution in [0.5, 0.6) is 0 Å². The Labute approximate surface area is 321 Å². The van der Waals surface area contributed by atoms with Crippen LogP contribution in [0.3, 0.4) is 0 Å². The summed E-state index contributed by atoms with van der Waals surface area (Å²) in [5.74, 6) is 0. The van der Waals surface area contributed by atoms with Crippen LogP contribution in [0.25, 0.3) is 10.1 Å². The molecule has 0 fully saturated rings. The van der Waals surface area contributed by atoms with Gasteiger partial charge in [-0.05, 0) is 123 Å². The van der Waals surface area contributed by atoms with E-state index in [0.717, 1.165) is 6.42 Å². The normalized spacial score (nSPS) is 19.2. The molecule has 0 bridgehead atoms. The summed E-state index contributed by atoms with van der Waals surface area (Å²) in [6.45, 7) is 26.3. The first kappa shape index (κ1) is 33.3. The Hall–Kier alpha value is -4.28. The largest absolute Gasteiger partial charge is 0.311 e. The second kappa shape index (κ2) is 10.5. The van der Waals surface area contributed by atoms with Crippen molar-refractivity contribution < 1.29 is 0 Å². The molecule has 1 aromatic heterocycles. The topological polar surface area (TPSA) is 6.48 Å². The van der Waals surface area contributed by atoms with Crippen molar-refractivity contribution in [2.75, 3.05) is 9.80 Å². The standard InChI is InChI=1S/C49H51BN2S/c1-28-24-38-42-39(25-28)52-37-21-17-31(47(6,7)8)27-34(37)49(11)23-22-48(9,10)33-18-19-35(44(52)41(33)49)50(42)45-43(32-14-12-13-15-40(32)53-45)51(38)36-20-16-30(26-29(36)2)46(3,4)5/h12-21,24-27H,22-23H2,1-11H3/t49-/m0/s1. The van der Waals surface area contributed by atoms with E-state index in [4.69, 9.17) is 0 Å². The van der Waals surface area contributed by atoms with Crippen molar-refractivity contribution in [2.24, 2.45) is 0 Å². The molecule has 4 heterocycles. The fourth-order valence-electron chi connectivity index (χ4n) is 10.4. The predicted octanol–water partition coefficient (Wildman–Crippen LogP) is 11.9. The van der Waals surface area contributed by atoms with Gasteiger partial charge in [-0.3, -0.25) is 0 Å². The highest BCUT2D eigenvalue weighted by atomic mass is 32.1. The van der Waals surface area contributed by atoms with Gasteiger partial charge >= 0.3 is 0 Å². The lowest BCUT2D eigenvalue weighted by Gasteiger charge is -2.54. The van der Waals surface area contributed by atoms with E-state index in [1.807, 2.05) is 11.3 Å². The summed E-state index contributed by atoms with van der Waals surface area (Å²) in [5, 5.41) is 1.35. The Morgan fingerprint density at radius 3 is 1.96 bits per heavy atom. The molecule has 5 aromatic carbocycles. The molecule has 1 atom stereocenters. The van der Waals surface area contributed by atoms with Crippen molar-refractivity contribution in [2.45, 2.75) is 111 Å². The summed E-state index contributed by atoms with van der Waals surface area (Å²) in [4.78, 5) is 5.36. The first-order chi connectivity index (χ1) is 25.0. The van der Waals surface area contributed by atoms with E-state index in [9.17, 15) is 0 Å². The van der Waals surface area contributed by atoms with Crippen molar-refractivity contribution in [1.82, 2.24) is 0 Å². The van der Waals surface area contributed by atoms with Crippen LogP contribution < -0.4 is 25.5 Å². The third-order valence-corrected chi connectivity index (χ3v) is 14.6. The lowest BCUT2D eigenvalue weighted by molar-refractivity contribution is 0.348. The number of hydrogen-bond acceptors (Lipinski definition) is 3. The minimum absolute atomic E-state index is 0.0664.